The highest BCUT2D eigenvalue weighted by Gasteiger charge is 2.23. The van der Waals surface area contributed by atoms with Crippen molar-refractivity contribution in [2.45, 2.75) is 12.5 Å². The van der Waals surface area contributed by atoms with Crippen molar-refractivity contribution in [3.63, 3.8) is 0 Å². The van der Waals surface area contributed by atoms with E-state index >= 15 is 0 Å². The van der Waals surface area contributed by atoms with Crippen LogP contribution in [-0.2, 0) is 4.79 Å². The number of dihydropyridines is 1. The van der Waals surface area contributed by atoms with Gasteiger partial charge in [-0.05, 0) is 18.2 Å². The molecule has 19 heavy (non-hydrogen) atoms. The van der Waals surface area contributed by atoms with Crippen molar-refractivity contribution in [1.82, 2.24) is 5.48 Å². The quantitative estimate of drug-likeness (QED) is 0.744. The molecule has 0 aliphatic carbocycles. The molecular weight excluding hydrogens is 275 g/mol. The zero-order valence-corrected chi connectivity index (χ0v) is 10.4. The van der Waals surface area contributed by atoms with Crippen LogP contribution in [0.15, 0.2) is 35.0 Å². The largest absolute Gasteiger partial charge is 0.477 e. The molecular formula is C12H10ClFN2O3. The van der Waals surface area contributed by atoms with Gasteiger partial charge in [0, 0.05) is 22.7 Å². The molecule has 0 bridgehead atoms. The SMILES string of the molecule is O=C(O)C1=NC(c2ccc(Cl)cc2F)CC(NO)=C1. The third kappa shape index (κ3) is 2.91. The van der Waals surface area contributed by atoms with Crippen molar-refractivity contribution in [1.29, 1.82) is 0 Å². The molecule has 7 heteroatoms. The Kier molecular flexibility index (Phi) is 3.82. The molecule has 1 aromatic rings. The molecule has 1 heterocycles. The standard InChI is InChI=1S/C12H10ClFN2O3/c13-6-1-2-8(9(14)3-6)10-4-7(16-19)5-11(15-10)12(17)18/h1-3,5,10,16,19H,4H2,(H,17,18). The van der Waals surface area contributed by atoms with Gasteiger partial charge in [0.2, 0.25) is 0 Å². The van der Waals surface area contributed by atoms with Gasteiger partial charge in [-0.2, -0.15) is 0 Å². The third-order valence-corrected chi connectivity index (χ3v) is 2.94. The van der Waals surface area contributed by atoms with Crippen LogP contribution in [0, 0.1) is 5.82 Å². The van der Waals surface area contributed by atoms with E-state index in [0.717, 1.165) is 6.07 Å². The Bertz CT molecular complexity index is 586. The Morgan fingerprint density at radius 1 is 1.53 bits per heavy atom. The maximum atomic E-state index is 13.8. The number of hydrogen-bond donors (Lipinski definition) is 3. The first-order valence-corrected chi connectivity index (χ1v) is 5.75. The molecule has 1 aliphatic rings. The van der Waals surface area contributed by atoms with E-state index < -0.39 is 17.8 Å². The highest BCUT2D eigenvalue weighted by atomic mass is 35.5. The molecule has 0 amide bonds. The number of aliphatic carboxylic acids is 1. The number of carbonyl (C=O) groups is 1. The maximum Gasteiger partial charge on any atom is 0.354 e. The number of rotatable bonds is 3. The topological polar surface area (TPSA) is 81.9 Å². The zero-order chi connectivity index (χ0) is 14.0. The van der Waals surface area contributed by atoms with Gasteiger partial charge in [0.05, 0.1) is 6.04 Å². The van der Waals surface area contributed by atoms with Crippen LogP contribution >= 0.6 is 11.6 Å². The Labute approximate surface area is 113 Å². The van der Waals surface area contributed by atoms with Crippen molar-refractivity contribution >= 4 is 23.3 Å². The summed E-state index contributed by atoms with van der Waals surface area (Å²) in [5.74, 6) is -1.81. The monoisotopic (exact) mass is 284 g/mol. The van der Waals surface area contributed by atoms with Crippen LogP contribution in [0.2, 0.25) is 5.02 Å². The van der Waals surface area contributed by atoms with E-state index in [1.54, 1.807) is 0 Å². The highest BCUT2D eigenvalue weighted by molar-refractivity contribution is 6.40. The minimum Gasteiger partial charge on any atom is -0.477 e. The molecule has 1 atom stereocenters. The van der Waals surface area contributed by atoms with Crippen LogP contribution in [0.25, 0.3) is 0 Å². The minimum atomic E-state index is -1.24. The molecule has 3 N–H and O–H groups in total. The fourth-order valence-electron chi connectivity index (χ4n) is 1.83. The summed E-state index contributed by atoms with van der Waals surface area (Å²) in [7, 11) is 0. The van der Waals surface area contributed by atoms with Gasteiger partial charge >= 0.3 is 5.97 Å². The summed E-state index contributed by atoms with van der Waals surface area (Å²) in [6.45, 7) is 0. The third-order valence-electron chi connectivity index (χ3n) is 2.70. The average Bonchev–Trinajstić information content (AvgIpc) is 2.38. The predicted molar refractivity (Wildman–Crippen MR) is 66.8 cm³/mol. The second-order valence-corrected chi connectivity index (χ2v) is 4.42. The summed E-state index contributed by atoms with van der Waals surface area (Å²) in [4.78, 5) is 14.9. The number of nitrogens with zero attached hydrogens (tertiary/aromatic N) is 1. The van der Waals surface area contributed by atoms with Crippen LogP contribution in [0.5, 0.6) is 0 Å². The van der Waals surface area contributed by atoms with Crippen molar-refractivity contribution in [3.8, 4) is 0 Å². The number of aliphatic imine (C=N–C) groups is 1. The smallest absolute Gasteiger partial charge is 0.354 e. The lowest BCUT2D eigenvalue weighted by molar-refractivity contribution is -0.129. The van der Waals surface area contributed by atoms with Crippen LogP contribution in [-0.4, -0.2) is 22.0 Å². The lowest BCUT2D eigenvalue weighted by atomic mass is 9.98. The Balaban J connectivity index is 2.40. The number of benzene rings is 1. The van der Waals surface area contributed by atoms with Gasteiger partial charge in [0.15, 0.2) is 0 Å². The molecule has 0 spiro atoms. The van der Waals surface area contributed by atoms with Crippen molar-refractivity contribution < 1.29 is 19.5 Å². The fraction of sp³-hybridized carbons (Fsp3) is 0.167. The molecule has 5 nitrogen and oxygen atoms in total. The molecule has 0 fully saturated rings. The van der Waals surface area contributed by atoms with Crippen LogP contribution in [0.4, 0.5) is 4.39 Å². The zero-order valence-electron chi connectivity index (χ0n) is 9.60. The van der Waals surface area contributed by atoms with Gasteiger partial charge in [-0.15, -0.1) is 0 Å². The summed E-state index contributed by atoms with van der Waals surface area (Å²) < 4.78 is 13.8. The molecule has 1 aliphatic heterocycles. The lowest BCUT2D eigenvalue weighted by Crippen LogP contribution is -2.22. The predicted octanol–water partition coefficient (Wildman–Crippen LogP) is 2.31. The summed E-state index contributed by atoms with van der Waals surface area (Å²) in [6, 6.07) is 3.37. The van der Waals surface area contributed by atoms with E-state index in [2.05, 4.69) is 4.99 Å². The second-order valence-electron chi connectivity index (χ2n) is 3.99. The van der Waals surface area contributed by atoms with Crippen molar-refractivity contribution in [3.05, 3.63) is 46.4 Å². The Morgan fingerprint density at radius 2 is 2.26 bits per heavy atom. The molecule has 2 rings (SSSR count). The van der Waals surface area contributed by atoms with Crippen LogP contribution in [0.3, 0.4) is 0 Å². The number of halogens is 2. The molecule has 1 aromatic carbocycles. The summed E-state index contributed by atoms with van der Waals surface area (Å²) in [5, 5.41) is 18.1. The van der Waals surface area contributed by atoms with Crippen LogP contribution < -0.4 is 5.48 Å². The highest BCUT2D eigenvalue weighted by Crippen LogP contribution is 2.30. The van der Waals surface area contributed by atoms with Gasteiger partial charge in [-0.3, -0.25) is 15.7 Å². The number of hydroxylamine groups is 1. The van der Waals surface area contributed by atoms with Gasteiger partial charge in [0.1, 0.15) is 11.5 Å². The molecule has 0 radical (unpaired) electrons. The van der Waals surface area contributed by atoms with Gasteiger partial charge < -0.3 is 5.11 Å². The van der Waals surface area contributed by atoms with E-state index in [1.165, 1.54) is 18.2 Å². The maximum absolute atomic E-state index is 13.8. The molecule has 0 saturated heterocycles. The first-order valence-electron chi connectivity index (χ1n) is 5.38. The van der Waals surface area contributed by atoms with E-state index in [1.807, 2.05) is 5.48 Å². The molecule has 1 unspecified atom stereocenters. The number of carboxylic acids is 1. The van der Waals surface area contributed by atoms with E-state index in [-0.39, 0.29) is 28.4 Å². The fourth-order valence-corrected chi connectivity index (χ4v) is 1.99. The van der Waals surface area contributed by atoms with E-state index in [0.29, 0.717) is 0 Å². The van der Waals surface area contributed by atoms with Crippen molar-refractivity contribution in [2.24, 2.45) is 4.99 Å². The van der Waals surface area contributed by atoms with Gasteiger partial charge in [-0.25, -0.2) is 9.18 Å². The Morgan fingerprint density at radius 3 is 2.84 bits per heavy atom. The van der Waals surface area contributed by atoms with Gasteiger partial charge in [-0.1, -0.05) is 17.7 Å². The molecule has 0 aromatic heterocycles. The first-order chi connectivity index (χ1) is 9.01. The van der Waals surface area contributed by atoms with E-state index in [9.17, 15) is 9.18 Å². The van der Waals surface area contributed by atoms with Gasteiger partial charge in [0.25, 0.3) is 0 Å². The van der Waals surface area contributed by atoms with Crippen molar-refractivity contribution in [2.75, 3.05) is 0 Å². The Hall–Kier alpha value is -1.92. The number of hydrogen-bond acceptors (Lipinski definition) is 4. The van der Waals surface area contributed by atoms with E-state index in [4.69, 9.17) is 21.9 Å². The minimum absolute atomic E-state index is 0.172. The number of carboxylic acid groups (broad SMARTS) is 1. The lowest BCUT2D eigenvalue weighted by Gasteiger charge is -2.20. The summed E-state index contributed by atoms with van der Waals surface area (Å²) >= 11 is 5.66. The van der Waals surface area contributed by atoms with Crippen LogP contribution in [0.1, 0.15) is 18.0 Å². The first kappa shape index (κ1) is 13.5. The molecule has 100 valence electrons. The summed E-state index contributed by atoms with van der Waals surface area (Å²) in [6.07, 6.45) is 1.37. The number of nitrogens with one attached hydrogen (secondary N) is 1. The molecule has 0 saturated carbocycles. The average molecular weight is 285 g/mol. The second kappa shape index (κ2) is 5.38. The normalized spacial score (nSPS) is 18.6. The summed E-state index contributed by atoms with van der Waals surface area (Å²) in [5.41, 5.74) is 2.12.